The number of aryl methyl sites for hydroxylation is 1. The van der Waals surface area contributed by atoms with Crippen molar-refractivity contribution in [1.29, 1.82) is 0 Å². The van der Waals surface area contributed by atoms with Crippen LogP contribution < -0.4 is 0 Å². The van der Waals surface area contributed by atoms with Gasteiger partial charge in [0.2, 0.25) is 5.91 Å². The Bertz CT molecular complexity index is 1160. The number of aromatic nitrogens is 2. The molecule has 0 saturated carbocycles. The first-order chi connectivity index (χ1) is 15.3. The molecule has 0 spiro atoms. The standard InChI is InChI=1S/C23H22Cl2N4O3/c1-14-5-3-4-6-17(14)22-26-20(27-32-22)12-21(30)28-9-10-29(15(2)13-28)23(31)16-7-8-18(24)19(25)11-16/h3-8,11,15H,9-10,12-13H2,1-2H3. The van der Waals surface area contributed by atoms with E-state index in [9.17, 15) is 9.59 Å². The van der Waals surface area contributed by atoms with Crippen molar-refractivity contribution in [1.82, 2.24) is 19.9 Å². The quantitative estimate of drug-likeness (QED) is 0.566. The van der Waals surface area contributed by atoms with Gasteiger partial charge in [0.05, 0.1) is 16.5 Å². The van der Waals surface area contributed by atoms with Crippen LogP contribution in [0.4, 0.5) is 0 Å². The second-order valence-electron chi connectivity index (χ2n) is 7.82. The Morgan fingerprint density at radius 2 is 1.91 bits per heavy atom. The van der Waals surface area contributed by atoms with Crippen molar-refractivity contribution in [3.63, 3.8) is 0 Å². The molecule has 2 aromatic carbocycles. The molecule has 0 radical (unpaired) electrons. The van der Waals surface area contributed by atoms with Crippen molar-refractivity contribution >= 4 is 35.0 Å². The number of benzene rings is 2. The molecule has 2 amide bonds. The number of piperazine rings is 1. The fourth-order valence-corrected chi connectivity index (χ4v) is 4.07. The smallest absolute Gasteiger partial charge is 0.258 e. The number of hydrogen-bond donors (Lipinski definition) is 0. The van der Waals surface area contributed by atoms with Gasteiger partial charge in [0, 0.05) is 36.8 Å². The summed E-state index contributed by atoms with van der Waals surface area (Å²) in [6.07, 6.45) is 0.0445. The van der Waals surface area contributed by atoms with Crippen LogP contribution >= 0.6 is 23.2 Å². The third-order valence-corrected chi connectivity index (χ3v) is 6.30. The molecule has 1 aliphatic rings. The largest absolute Gasteiger partial charge is 0.338 e. The Balaban J connectivity index is 1.38. The molecule has 32 heavy (non-hydrogen) atoms. The maximum absolute atomic E-state index is 12.9. The van der Waals surface area contributed by atoms with Crippen molar-refractivity contribution in [2.75, 3.05) is 19.6 Å². The van der Waals surface area contributed by atoms with E-state index in [1.807, 2.05) is 38.1 Å². The lowest BCUT2D eigenvalue weighted by atomic mass is 10.1. The summed E-state index contributed by atoms with van der Waals surface area (Å²) >= 11 is 12.0. The predicted octanol–water partition coefficient (Wildman–Crippen LogP) is 4.27. The van der Waals surface area contributed by atoms with Gasteiger partial charge in [0.1, 0.15) is 0 Å². The lowest BCUT2D eigenvalue weighted by molar-refractivity contribution is -0.133. The molecule has 7 nitrogen and oxygen atoms in total. The predicted molar refractivity (Wildman–Crippen MR) is 122 cm³/mol. The molecule has 9 heteroatoms. The minimum atomic E-state index is -0.151. The molecule has 3 aromatic rings. The van der Waals surface area contributed by atoms with Crippen LogP contribution in [0, 0.1) is 6.92 Å². The SMILES string of the molecule is Cc1ccccc1-c1nc(CC(=O)N2CCN(C(=O)c3ccc(Cl)c(Cl)c3)C(C)C2)no1. The summed E-state index contributed by atoms with van der Waals surface area (Å²) in [5.74, 6) is 0.506. The molecule has 1 aromatic heterocycles. The van der Waals surface area contributed by atoms with Crippen LogP contribution in [0.5, 0.6) is 0 Å². The highest BCUT2D eigenvalue weighted by Crippen LogP contribution is 2.25. The van der Waals surface area contributed by atoms with E-state index in [1.165, 1.54) is 0 Å². The first-order valence-corrected chi connectivity index (χ1v) is 11.0. The summed E-state index contributed by atoms with van der Waals surface area (Å²) in [4.78, 5) is 33.6. The van der Waals surface area contributed by atoms with Crippen LogP contribution in [0.2, 0.25) is 10.0 Å². The zero-order valence-electron chi connectivity index (χ0n) is 17.7. The molecule has 166 valence electrons. The van der Waals surface area contributed by atoms with Gasteiger partial charge in [-0.2, -0.15) is 4.98 Å². The normalized spacial score (nSPS) is 16.3. The molecular weight excluding hydrogens is 451 g/mol. The number of nitrogens with zero attached hydrogens (tertiary/aromatic N) is 4. The van der Waals surface area contributed by atoms with Gasteiger partial charge in [0.15, 0.2) is 5.82 Å². The van der Waals surface area contributed by atoms with E-state index in [2.05, 4.69) is 10.1 Å². The summed E-state index contributed by atoms with van der Waals surface area (Å²) < 4.78 is 5.35. The number of carbonyl (C=O) groups is 2. The average molecular weight is 473 g/mol. The van der Waals surface area contributed by atoms with Crippen LogP contribution in [0.15, 0.2) is 47.0 Å². The number of halogens is 2. The van der Waals surface area contributed by atoms with Crippen LogP contribution in [-0.4, -0.2) is 57.4 Å². The van der Waals surface area contributed by atoms with E-state index in [-0.39, 0.29) is 24.3 Å². The minimum absolute atomic E-state index is 0.0445. The van der Waals surface area contributed by atoms with Crippen LogP contribution in [0.25, 0.3) is 11.5 Å². The molecule has 1 fully saturated rings. The Hall–Kier alpha value is -2.90. The maximum atomic E-state index is 12.9. The minimum Gasteiger partial charge on any atom is -0.338 e. The topological polar surface area (TPSA) is 79.5 Å². The van der Waals surface area contributed by atoms with Crippen molar-refractivity contribution in [3.05, 3.63) is 69.5 Å². The van der Waals surface area contributed by atoms with Gasteiger partial charge in [-0.15, -0.1) is 0 Å². The van der Waals surface area contributed by atoms with Crippen LogP contribution in [0.3, 0.4) is 0 Å². The highest BCUT2D eigenvalue weighted by molar-refractivity contribution is 6.42. The Labute approximate surface area is 195 Å². The lowest BCUT2D eigenvalue weighted by Crippen LogP contribution is -2.55. The van der Waals surface area contributed by atoms with E-state index in [0.717, 1.165) is 11.1 Å². The van der Waals surface area contributed by atoms with E-state index in [0.29, 0.717) is 47.0 Å². The Kier molecular flexibility index (Phi) is 6.48. The molecule has 1 unspecified atom stereocenters. The Morgan fingerprint density at radius 1 is 1.12 bits per heavy atom. The van der Waals surface area contributed by atoms with Gasteiger partial charge in [-0.3, -0.25) is 9.59 Å². The van der Waals surface area contributed by atoms with Gasteiger partial charge >= 0.3 is 0 Å². The zero-order chi connectivity index (χ0) is 22.8. The van der Waals surface area contributed by atoms with E-state index in [4.69, 9.17) is 27.7 Å². The third kappa shape index (κ3) is 4.64. The molecule has 1 aliphatic heterocycles. The molecule has 4 rings (SSSR count). The number of carbonyl (C=O) groups excluding carboxylic acids is 2. The summed E-state index contributed by atoms with van der Waals surface area (Å²) in [5, 5.41) is 4.70. The number of rotatable bonds is 4. The highest BCUT2D eigenvalue weighted by Gasteiger charge is 2.31. The van der Waals surface area contributed by atoms with Crippen molar-refractivity contribution in [2.45, 2.75) is 26.3 Å². The first kappa shape index (κ1) is 22.3. The zero-order valence-corrected chi connectivity index (χ0v) is 19.2. The summed E-state index contributed by atoms with van der Waals surface area (Å²) in [7, 11) is 0. The van der Waals surface area contributed by atoms with E-state index < -0.39 is 0 Å². The average Bonchev–Trinajstić information content (AvgIpc) is 3.23. The maximum Gasteiger partial charge on any atom is 0.258 e. The van der Waals surface area contributed by atoms with Crippen LogP contribution in [-0.2, 0) is 11.2 Å². The van der Waals surface area contributed by atoms with Gasteiger partial charge in [-0.25, -0.2) is 0 Å². The molecule has 1 atom stereocenters. The van der Waals surface area contributed by atoms with Gasteiger partial charge < -0.3 is 14.3 Å². The number of hydrogen-bond acceptors (Lipinski definition) is 5. The molecule has 0 bridgehead atoms. The fraction of sp³-hybridized carbons (Fsp3) is 0.304. The van der Waals surface area contributed by atoms with Crippen LogP contribution in [0.1, 0.15) is 28.7 Å². The summed E-state index contributed by atoms with van der Waals surface area (Å²) in [6, 6.07) is 12.4. The second-order valence-corrected chi connectivity index (χ2v) is 8.64. The van der Waals surface area contributed by atoms with E-state index >= 15 is 0 Å². The van der Waals surface area contributed by atoms with Gasteiger partial charge in [0.25, 0.3) is 11.8 Å². The second kappa shape index (κ2) is 9.30. The third-order valence-electron chi connectivity index (χ3n) is 5.56. The highest BCUT2D eigenvalue weighted by atomic mass is 35.5. The van der Waals surface area contributed by atoms with Crippen molar-refractivity contribution < 1.29 is 14.1 Å². The summed E-state index contributed by atoms with van der Waals surface area (Å²) in [6.45, 7) is 5.16. The van der Waals surface area contributed by atoms with Gasteiger partial charge in [-0.05, 0) is 43.7 Å². The van der Waals surface area contributed by atoms with Crippen molar-refractivity contribution in [3.8, 4) is 11.5 Å². The summed E-state index contributed by atoms with van der Waals surface area (Å²) in [5.41, 5.74) is 2.34. The molecule has 2 heterocycles. The first-order valence-electron chi connectivity index (χ1n) is 10.3. The monoisotopic (exact) mass is 472 g/mol. The van der Waals surface area contributed by atoms with Gasteiger partial charge in [-0.1, -0.05) is 46.6 Å². The Morgan fingerprint density at radius 3 is 2.62 bits per heavy atom. The fourth-order valence-electron chi connectivity index (χ4n) is 3.78. The number of amides is 2. The molecule has 1 saturated heterocycles. The lowest BCUT2D eigenvalue weighted by Gasteiger charge is -2.40. The molecular formula is C23H22Cl2N4O3. The van der Waals surface area contributed by atoms with Crippen molar-refractivity contribution in [2.24, 2.45) is 0 Å². The molecule has 0 N–H and O–H groups in total. The molecule has 0 aliphatic carbocycles. The van der Waals surface area contributed by atoms with E-state index in [1.54, 1.807) is 28.0 Å².